The zero-order valence-electron chi connectivity index (χ0n) is 14.4. The number of likely N-dealkylation sites (N-methyl/N-ethyl adjacent to an activating group) is 1. The lowest BCUT2D eigenvalue weighted by Crippen LogP contribution is -2.43. The Kier molecular flexibility index (Phi) is 7.52. The first-order valence-electron chi connectivity index (χ1n) is 8.50. The van der Waals surface area contributed by atoms with Crippen LogP contribution in [0.3, 0.4) is 0 Å². The van der Waals surface area contributed by atoms with Gasteiger partial charge in [-0.25, -0.2) is 0 Å². The Hall–Kier alpha value is -1.43. The summed E-state index contributed by atoms with van der Waals surface area (Å²) in [5, 5.41) is 2.88. The van der Waals surface area contributed by atoms with Gasteiger partial charge < -0.3 is 15.0 Å². The van der Waals surface area contributed by atoms with Crippen molar-refractivity contribution in [1.82, 2.24) is 15.1 Å². The summed E-state index contributed by atoms with van der Waals surface area (Å²) in [5.74, 6) is -0.0556. The number of nitrogens with one attached hydrogen (secondary N) is 1. The average molecular weight is 319 g/mol. The van der Waals surface area contributed by atoms with Crippen LogP contribution < -0.4 is 5.32 Å². The first-order chi connectivity index (χ1) is 11.2. The van der Waals surface area contributed by atoms with Gasteiger partial charge in [0.1, 0.15) is 6.61 Å². The summed E-state index contributed by atoms with van der Waals surface area (Å²) in [5.41, 5.74) is 2.45. The van der Waals surface area contributed by atoms with Crippen LogP contribution in [0.1, 0.15) is 24.5 Å². The molecule has 0 unspecified atom stereocenters. The number of amides is 1. The molecule has 2 rings (SSSR count). The Bertz CT molecular complexity index is 468. The monoisotopic (exact) mass is 319 g/mol. The van der Waals surface area contributed by atoms with Crippen molar-refractivity contribution in [2.24, 2.45) is 0 Å². The van der Waals surface area contributed by atoms with Gasteiger partial charge >= 0.3 is 0 Å². The van der Waals surface area contributed by atoms with Gasteiger partial charge in [0.25, 0.3) is 0 Å². The smallest absolute Gasteiger partial charge is 0.246 e. The number of ether oxygens (including phenoxy) is 1. The Morgan fingerprint density at radius 2 is 1.78 bits per heavy atom. The van der Waals surface area contributed by atoms with Crippen LogP contribution in [0.4, 0.5) is 0 Å². The highest BCUT2D eigenvalue weighted by atomic mass is 16.5. The van der Waals surface area contributed by atoms with Crippen molar-refractivity contribution in [2.45, 2.75) is 26.4 Å². The molecule has 0 atom stereocenters. The van der Waals surface area contributed by atoms with E-state index in [4.69, 9.17) is 4.74 Å². The Labute approximate surface area is 139 Å². The molecule has 1 heterocycles. The summed E-state index contributed by atoms with van der Waals surface area (Å²) in [6.45, 7) is 8.92. The molecule has 0 aliphatic carbocycles. The second-order valence-corrected chi connectivity index (χ2v) is 6.23. The fourth-order valence-corrected chi connectivity index (χ4v) is 2.59. The van der Waals surface area contributed by atoms with E-state index >= 15 is 0 Å². The van der Waals surface area contributed by atoms with Crippen LogP contribution in [0.15, 0.2) is 24.3 Å². The first kappa shape index (κ1) is 17.9. The molecule has 1 aromatic carbocycles. The molecule has 1 aliphatic rings. The molecule has 23 heavy (non-hydrogen) atoms. The third-order valence-corrected chi connectivity index (χ3v) is 4.10. The zero-order chi connectivity index (χ0) is 16.5. The minimum Gasteiger partial charge on any atom is -0.372 e. The van der Waals surface area contributed by atoms with Gasteiger partial charge in [0, 0.05) is 45.9 Å². The number of carbonyl (C=O) groups is 1. The molecule has 5 heteroatoms. The van der Waals surface area contributed by atoms with Crippen molar-refractivity contribution in [1.29, 1.82) is 0 Å². The van der Waals surface area contributed by atoms with E-state index in [9.17, 15) is 4.79 Å². The highest BCUT2D eigenvalue weighted by molar-refractivity contribution is 5.77. The highest BCUT2D eigenvalue weighted by Gasteiger charge is 2.13. The zero-order valence-corrected chi connectivity index (χ0v) is 14.4. The van der Waals surface area contributed by atoms with Gasteiger partial charge in [-0.3, -0.25) is 9.69 Å². The number of benzene rings is 1. The van der Waals surface area contributed by atoms with E-state index in [1.54, 1.807) is 0 Å². The van der Waals surface area contributed by atoms with Crippen LogP contribution in [-0.2, 0) is 22.6 Å². The van der Waals surface area contributed by atoms with Gasteiger partial charge in [-0.15, -0.1) is 0 Å². The highest BCUT2D eigenvalue weighted by Crippen LogP contribution is 2.09. The fourth-order valence-electron chi connectivity index (χ4n) is 2.59. The number of piperazine rings is 1. The minimum atomic E-state index is -0.0556. The molecular formula is C18H29N3O2. The topological polar surface area (TPSA) is 44.8 Å². The summed E-state index contributed by atoms with van der Waals surface area (Å²) in [4.78, 5) is 16.5. The van der Waals surface area contributed by atoms with E-state index in [1.807, 2.05) is 6.92 Å². The van der Waals surface area contributed by atoms with Crippen LogP contribution in [0.2, 0.25) is 0 Å². The molecule has 0 radical (unpaired) electrons. The van der Waals surface area contributed by atoms with E-state index in [2.05, 4.69) is 46.4 Å². The molecule has 1 fully saturated rings. The number of hydrogen-bond acceptors (Lipinski definition) is 4. The van der Waals surface area contributed by atoms with E-state index < -0.39 is 0 Å². The molecule has 128 valence electrons. The van der Waals surface area contributed by atoms with E-state index in [1.165, 1.54) is 5.56 Å². The standard InChI is InChI=1S/C18H29N3O2/c1-3-12-23-15-18(22)19-13-16-4-6-17(7-5-16)14-21-10-8-20(2)9-11-21/h4-7H,3,8-15H2,1-2H3,(H,19,22). The van der Waals surface area contributed by atoms with Crippen molar-refractivity contribution in [2.75, 3.05) is 46.4 Å². The largest absolute Gasteiger partial charge is 0.372 e. The van der Waals surface area contributed by atoms with Crippen molar-refractivity contribution in [3.05, 3.63) is 35.4 Å². The fraction of sp³-hybridized carbons (Fsp3) is 0.611. The molecular weight excluding hydrogens is 290 g/mol. The molecule has 0 bridgehead atoms. The molecule has 1 N–H and O–H groups in total. The predicted molar refractivity (Wildman–Crippen MR) is 92.2 cm³/mol. The third kappa shape index (κ3) is 6.69. The van der Waals surface area contributed by atoms with Gasteiger partial charge in [0.2, 0.25) is 5.91 Å². The maximum absolute atomic E-state index is 11.6. The average Bonchev–Trinajstić information content (AvgIpc) is 2.57. The van der Waals surface area contributed by atoms with E-state index in [0.29, 0.717) is 13.2 Å². The summed E-state index contributed by atoms with van der Waals surface area (Å²) in [6, 6.07) is 8.51. The molecule has 1 saturated heterocycles. The Morgan fingerprint density at radius 1 is 1.13 bits per heavy atom. The van der Waals surface area contributed by atoms with Gasteiger partial charge in [-0.2, -0.15) is 0 Å². The van der Waals surface area contributed by atoms with E-state index in [-0.39, 0.29) is 12.5 Å². The summed E-state index contributed by atoms with van der Waals surface area (Å²) in [6.07, 6.45) is 0.933. The number of nitrogens with zero attached hydrogens (tertiary/aromatic N) is 2. The molecule has 0 spiro atoms. The number of rotatable bonds is 8. The molecule has 5 nitrogen and oxygen atoms in total. The lowest BCUT2D eigenvalue weighted by Gasteiger charge is -2.32. The summed E-state index contributed by atoms with van der Waals surface area (Å²) < 4.78 is 5.22. The normalized spacial score (nSPS) is 16.4. The van der Waals surface area contributed by atoms with Crippen molar-refractivity contribution >= 4 is 5.91 Å². The van der Waals surface area contributed by atoms with Crippen LogP contribution in [0.5, 0.6) is 0 Å². The van der Waals surface area contributed by atoms with Gasteiger partial charge in [0.15, 0.2) is 0 Å². The van der Waals surface area contributed by atoms with Crippen LogP contribution >= 0.6 is 0 Å². The molecule has 1 amide bonds. The van der Waals surface area contributed by atoms with E-state index in [0.717, 1.165) is 44.7 Å². The van der Waals surface area contributed by atoms with Crippen LogP contribution in [0, 0.1) is 0 Å². The maximum atomic E-state index is 11.6. The Morgan fingerprint density at radius 3 is 2.43 bits per heavy atom. The van der Waals surface area contributed by atoms with Crippen LogP contribution in [0.25, 0.3) is 0 Å². The molecule has 0 aromatic heterocycles. The lowest BCUT2D eigenvalue weighted by molar-refractivity contribution is -0.125. The van der Waals surface area contributed by atoms with Gasteiger partial charge in [0.05, 0.1) is 0 Å². The second-order valence-electron chi connectivity index (χ2n) is 6.23. The van der Waals surface area contributed by atoms with Crippen molar-refractivity contribution in [3.63, 3.8) is 0 Å². The van der Waals surface area contributed by atoms with Crippen LogP contribution in [-0.4, -0.2) is 62.1 Å². The quantitative estimate of drug-likeness (QED) is 0.737. The summed E-state index contributed by atoms with van der Waals surface area (Å²) in [7, 11) is 2.17. The minimum absolute atomic E-state index is 0.0556. The molecule has 1 aliphatic heterocycles. The molecule has 0 saturated carbocycles. The van der Waals surface area contributed by atoms with Gasteiger partial charge in [-0.05, 0) is 24.6 Å². The lowest BCUT2D eigenvalue weighted by atomic mass is 10.1. The summed E-state index contributed by atoms with van der Waals surface area (Å²) >= 11 is 0. The third-order valence-electron chi connectivity index (χ3n) is 4.10. The predicted octanol–water partition coefficient (Wildman–Crippen LogP) is 1.48. The first-order valence-corrected chi connectivity index (χ1v) is 8.50. The number of carbonyl (C=O) groups excluding carboxylic acids is 1. The SMILES string of the molecule is CCCOCC(=O)NCc1ccc(CN2CCN(C)CC2)cc1. The van der Waals surface area contributed by atoms with Gasteiger partial charge in [-0.1, -0.05) is 31.2 Å². The second kappa shape index (κ2) is 9.65. The Balaban J connectivity index is 1.70. The molecule has 1 aromatic rings. The maximum Gasteiger partial charge on any atom is 0.246 e. The van der Waals surface area contributed by atoms with Crippen molar-refractivity contribution < 1.29 is 9.53 Å². The number of hydrogen-bond donors (Lipinski definition) is 1. The van der Waals surface area contributed by atoms with Crippen molar-refractivity contribution in [3.8, 4) is 0 Å².